The maximum atomic E-state index is 11.6. The number of nitrogens with one attached hydrogen (secondary N) is 1. The van der Waals surface area contributed by atoms with Crippen LogP contribution in [0.3, 0.4) is 0 Å². The molecule has 0 saturated heterocycles. The van der Waals surface area contributed by atoms with Crippen molar-refractivity contribution in [2.75, 3.05) is 20.3 Å². The molecule has 19 heavy (non-hydrogen) atoms. The van der Waals surface area contributed by atoms with Crippen molar-refractivity contribution in [1.29, 1.82) is 5.26 Å². The fourth-order valence-corrected chi connectivity index (χ4v) is 1.60. The van der Waals surface area contributed by atoms with Gasteiger partial charge < -0.3 is 15.2 Å². The zero-order chi connectivity index (χ0) is 14.1. The monoisotopic (exact) mass is 262 g/mol. The molecular weight excluding hydrogens is 244 g/mol. The Morgan fingerprint density at radius 3 is 2.74 bits per heavy atom. The summed E-state index contributed by atoms with van der Waals surface area (Å²) in [6.45, 7) is 0.686. The van der Waals surface area contributed by atoms with E-state index in [2.05, 4.69) is 5.32 Å². The Morgan fingerprint density at radius 1 is 1.47 bits per heavy atom. The van der Waals surface area contributed by atoms with Gasteiger partial charge in [-0.1, -0.05) is 12.1 Å². The van der Waals surface area contributed by atoms with Crippen LogP contribution in [0.15, 0.2) is 24.3 Å². The molecule has 0 saturated carbocycles. The van der Waals surface area contributed by atoms with Crippen LogP contribution in [0, 0.1) is 11.3 Å². The number of amides is 1. The Balaban J connectivity index is 2.29. The molecule has 2 N–H and O–H groups in total. The number of hydrogen-bond donors (Lipinski definition) is 2. The van der Waals surface area contributed by atoms with Crippen molar-refractivity contribution in [1.82, 2.24) is 5.32 Å². The summed E-state index contributed by atoms with van der Waals surface area (Å²) in [4.78, 5) is 11.6. The molecule has 0 fully saturated rings. The van der Waals surface area contributed by atoms with Crippen molar-refractivity contribution in [2.24, 2.45) is 0 Å². The highest BCUT2D eigenvalue weighted by Gasteiger charge is 2.06. The van der Waals surface area contributed by atoms with Crippen LogP contribution < -0.4 is 5.32 Å². The van der Waals surface area contributed by atoms with Crippen LogP contribution in [0.2, 0.25) is 0 Å². The second-order valence-corrected chi connectivity index (χ2v) is 4.23. The summed E-state index contributed by atoms with van der Waals surface area (Å²) in [5.74, 6) is -0.102. The Morgan fingerprint density at radius 2 is 2.16 bits per heavy atom. The van der Waals surface area contributed by atoms with E-state index in [4.69, 9.17) is 10.00 Å². The standard InChI is InChI=1S/C14H18N2O3/c1-19-10-13(17)6-7-16-14(18)8-11-2-4-12(9-15)5-3-11/h2-5,13,17H,6-8,10H2,1H3,(H,16,18). The molecule has 5 heteroatoms. The van der Waals surface area contributed by atoms with E-state index in [9.17, 15) is 9.90 Å². The fourth-order valence-electron chi connectivity index (χ4n) is 1.60. The third kappa shape index (κ3) is 6.00. The van der Waals surface area contributed by atoms with Crippen LogP contribution in [0.25, 0.3) is 0 Å². The molecule has 0 spiro atoms. The van der Waals surface area contributed by atoms with Crippen molar-refractivity contribution in [2.45, 2.75) is 18.9 Å². The minimum Gasteiger partial charge on any atom is -0.391 e. The summed E-state index contributed by atoms with van der Waals surface area (Å²) in [7, 11) is 1.52. The maximum Gasteiger partial charge on any atom is 0.224 e. The Hall–Kier alpha value is -1.90. The van der Waals surface area contributed by atoms with Gasteiger partial charge in [0.05, 0.1) is 30.8 Å². The quantitative estimate of drug-likeness (QED) is 0.754. The van der Waals surface area contributed by atoms with Gasteiger partial charge in [0.1, 0.15) is 0 Å². The number of carbonyl (C=O) groups is 1. The van der Waals surface area contributed by atoms with Crippen LogP contribution in [-0.4, -0.2) is 37.4 Å². The van der Waals surface area contributed by atoms with Crippen LogP contribution in [0.5, 0.6) is 0 Å². The van der Waals surface area contributed by atoms with E-state index in [1.807, 2.05) is 6.07 Å². The molecule has 0 aliphatic carbocycles. The summed E-state index contributed by atoms with van der Waals surface area (Å²) >= 11 is 0. The number of carbonyl (C=O) groups excluding carboxylic acids is 1. The summed E-state index contributed by atoms with van der Waals surface area (Å²) < 4.78 is 4.79. The molecule has 1 rings (SSSR count). The number of ether oxygens (including phenoxy) is 1. The van der Waals surface area contributed by atoms with E-state index in [0.717, 1.165) is 5.56 Å². The van der Waals surface area contributed by atoms with Crippen molar-refractivity contribution >= 4 is 5.91 Å². The first-order valence-corrected chi connectivity index (χ1v) is 6.08. The van der Waals surface area contributed by atoms with E-state index < -0.39 is 6.10 Å². The average Bonchev–Trinajstić information content (AvgIpc) is 2.40. The predicted octanol–water partition coefficient (Wildman–Crippen LogP) is 0.614. The third-order valence-corrected chi connectivity index (χ3v) is 2.61. The molecule has 5 nitrogen and oxygen atoms in total. The van der Waals surface area contributed by atoms with Crippen molar-refractivity contribution in [3.8, 4) is 6.07 Å². The Bertz CT molecular complexity index is 437. The Kier molecular flexibility index (Phi) is 6.58. The molecular formula is C14H18N2O3. The minimum atomic E-state index is -0.555. The van der Waals surface area contributed by atoms with Gasteiger partial charge in [-0.15, -0.1) is 0 Å². The topological polar surface area (TPSA) is 82.3 Å². The van der Waals surface area contributed by atoms with E-state index >= 15 is 0 Å². The lowest BCUT2D eigenvalue weighted by Crippen LogP contribution is -2.29. The van der Waals surface area contributed by atoms with Gasteiger partial charge in [-0.05, 0) is 24.1 Å². The molecule has 0 heterocycles. The number of benzene rings is 1. The van der Waals surface area contributed by atoms with E-state index in [0.29, 0.717) is 18.5 Å². The van der Waals surface area contributed by atoms with E-state index in [1.54, 1.807) is 24.3 Å². The smallest absolute Gasteiger partial charge is 0.224 e. The van der Waals surface area contributed by atoms with Crippen LogP contribution in [0.4, 0.5) is 0 Å². The zero-order valence-electron chi connectivity index (χ0n) is 10.9. The van der Waals surface area contributed by atoms with Gasteiger partial charge in [-0.2, -0.15) is 5.26 Å². The number of aliphatic hydroxyl groups excluding tert-OH is 1. The Labute approximate surface area is 112 Å². The molecule has 1 aromatic carbocycles. The number of hydrogen-bond acceptors (Lipinski definition) is 4. The summed E-state index contributed by atoms with van der Waals surface area (Å²) in [5.41, 5.74) is 1.43. The van der Waals surface area contributed by atoms with Gasteiger partial charge in [0.2, 0.25) is 5.91 Å². The summed E-state index contributed by atoms with van der Waals surface area (Å²) in [6, 6.07) is 8.92. The first kappa shape index (κ1) is 15.2. The molecule has 1 amide bonds. The van der Waals surface area contributed by atoms with Crippen LogP contribution in [0.1, 0.15) is 17.5 Å². The third-order valence-electron chi connectivity index (χ3n) is 2.61. The van der Waals surface area contributed by atoms with Crippen LogP contribution >= 0.6 is 0 Å². The largest absolute Gasteiger partial charge is 0.391 e. The number of aliphatic hydroxyl groups is 1. The number of nitriles is 1. The highest BCUT2D eigenvalue weighted by atomic mass is 16.5. The number of nitrogens with zero attached hydrogens (tertiary/aromatic N) is 1. The number of rotatable bonds is 7. The fraction of sp³-hybridized carbons (Fsp3) is 0.429. The highest BCUT2D eigenvalue weighted by Crippen LogP contribution is 2.04. The van der Waals surface area contributed by atoms with Gasteiger partial charge >= 0.3 is 0 Å². The molecule has 0 aromatic heterocycles. The van der Waals surface area contributed by atoms with E-state index in [-0.39, 0.29) is 18.9 Å². The SMILES string of the molecule is COCC(O)CCNC(=O)Cc1ccc(C#N)cc1. The average molecular weight is 262 g/mol. The van der Waals surface area contributed by atoms with Gasteiger partial charge in [-0.25, -0.2) is 0 Å². The van der Waals surface area contributed by atoms with Crippen LogP contribution in [-0.2, 0) is 16.0 Å². The minimum absolute atomic E-state index is 0.102. The van der Waals surface area contributed by atoms with Crippen molar-refractivity contribution in [3.05, 3.63) is 35.4 Å². The maximum absolute atomic E-state index is 11.6. The van der Waals surface area contributed by atoms with Gasteiger partial charge in [0.15, 0.2) is 0 Å². The summed E-state index contributed by atoms with van der Waals surface area (Å²) in [6.07, 6.45) is 0.180. The molecule has 1 unspecified atom stereocenters. The molecule has 0 radical (unpaired) electrons. The molecule has 0 bridgehead atoms. The van der Waals surface area contributed by atoms with Crippen molar-refractivity contribution in [3.63, 3.8) is 0 Å². The van der Waals surface area contributed by atoms with E-state index in [1.165, 1.54) is 7.11 Å². The second kappa shape index (κ2) is 8.25. The molecule has 1 atom stereocenters. The molecule has 0 aliphatic rings. The number of methoxy groups -OCH3 is 1. The van der Waals surface area contributed by atoms with Gasteiger partial charge in [0, 0.05) is 13.7 Å². The normalized spacial score (nSPS) is 11.6. The van der Waals surface area contributed by atoms with Crippen molar-refractivity contribution < 1.29 is 14.6 Å². The molecule has 1 aromatic rings. The second-order valence-electron chi connectivity index (χ2n) is 4.23. The lowest BCUT2D eigenvalue weighted by atomic mass is 10.1. The first-order chi connectivity index (χ1) is 9.15. The zero-order valence-corrected chi connectivity index (χ0v) is 10.9. The van der Waals surface area contributed by atoms with Gasteiger partial charge in [-0.3, -0.25) is 4.79 Å². The first-order valence-electron chi connectivity index (χ1n) is 6.08. The predicted molar refractivity (Wildman–Crippen MR) is 70.4 cm³/mol. The van der Waals surface area contributed by atoms with Gasteiger partial charge in [0.25, 0.3) is 0 Å². The highest BCUT2D eigenvalue weighted by molar-refractivity contribution is 5.78. The lowest BCUT2D eigenvalue weighted by Gasteiger charge is -2.10. The molecule has 0 aliphatic heterocycles. The molecule has 102 valence electrons. The summed E-state index contributed by atoms with van der Waals surface area (Å²) in [5, 5.41) is 20.8. The lowest BCUT2D eigenvalue weighted by molar-refractivity contribution is -0.120.